The van der Waals surface area contributed by atoms with Crippen molar-refractivity contribution in [3.8, 4) is 0 Å². The summed E-state index contributed by atoms with van der Waals surface area (Å²) in [7, 11) is 0. The fourth-order valence-corrected chi connectivity index (χ4v) is 2.31. The molecule has 1 aliphatic rings. The molecule has 3 nitrogen and oxygen atoms in total. The van der Waals surface area contributed by atoms with Crippen LogP contribution >= 0.6 is 0 Å². The second kappa shape index (κ2) is 4.13. The monoisotopic (exact) mass is 193 g/mol. The number of aryl methyl sites for hydroxylation is 1. The Hall–Kier alpha value is -0.830. The van der Waals surface area contributed by atoms with Gasteiger partial charge < -0.3 is 4.57 Å². The van der Waals surface area contributed by atoms with E-state index in [2.05, 4.69) is 16.5 Å². The van der Waals surface area contributed by atoms with Gasteiger partial charge in [0, 0.05) is 18.7 Å². The molecule has 1 aromatic heterocycles. The van der Waals surface area contributed by atoms with Crippen molar-refractivity contribution in [1.82, 2.24) is 9.55 Å². The van der Waals surface area contributed by atoms with Crippen LogP contribution in [0.15, 0.2) is 0 Å². The van der Waals surface area contributed by atoms with E-state index in [1.807, 2.05) is 0 Å². The molecular weight excluding hydrogens is 176 g/mol. The molecule has 1 aromatic rings. The molecule has 0 bridgehead atoms. The third kappa shape index (κ3) is 1.57. The minimum absolute atomic E-state index is 0.0457. The van der Waals surface area contributed by atoms with Gasteiger partial charge in [-0.1, -0.05) is 0 Å². The quantitative estimate of drug-likeness (QED) is 0.720. The smallest absolute Gasteiger partial charge is 0.111 e. The van der Waals surface area contributed by atoms with Crippen LogP contribution in [0.3, 0.4) is 0 Å². The van der Waals surface area contributed by atoms with Gasteiger partial charge in [0.05, 0.1) is 12.3 Å². The second-order valence-corrected chi connectivity index (χ2v) is 3.83. The lowest BCUT2D eigenvalue weighted by Crippen LogP contribution is -2.09. The first-order valence-electron chi connectivity index (χ1n) is 5.52. The van der Waals surface area contributed by atoms with Crippen LogP contribution in [0.1, 0.15) is 37.0 Å². The van der Waals surface area contributed by atoms with Gasteiger partial charge in [-0.15, -0.1) is 0 Å². The molecule has 3 heteroatoms. The van der Waals surface area contributed by atoms with Gasteiger partial charge >= 0.3 is 0 Å². The molecule has 0 fully saturated rings. The number of aromatic nitrogens is 2. The molecule has 0 N–H and O–H groups in total. The molecule has 2 rings (SSSR count). The van der Waals surface area contributed by atoms with Crippen LogP contribution in [0.25, 0.3) is 0 Å². The van der Waals surface area contributed by atoms with Gasteiger partial charge in [-0.2, -0.15) is 0 Å². The van der Waals surface area contributed by atoms with Crippen molar-refractivity contribution in [2.75, 3.05) is 6.61 Å². The van der Waals surface area contributed by atoms with Crippen LogP contribution < -0.4 is 0 Å². The molecule has 0 amide bonds. The summed E-state index contributed by atoms with van der Waals surface area (Å²) >= 11 is 0. The third-order valence-corrected chi connectivity index (χ3v) is 2.95. The van der Waals surface area contributed by atoms with Crippen LogP contribution in [0, 0.1) is 0 Å². The minimum atomic E-state index is -0.0457. The molecule has 1 radical (unpaired) electrons. The fourth-order valence-electron chi connectivity index (χ4n) is 2.31. The Kier molecular flexibility index (Phi) is 2.87. The Balaban J connectivity index is 2.36. The van der Waals surface area contributed by atoms with Gasteiger partial charge in [-0.05, 0) is 32.6 Å². The first kappa shape index (κ1) is 9.71. The van der Waals surface area contributed by atoms with E-state index in [-0.39, 0.29) is 6.61 Å². The van der Waals surface area contributed by atoms with Crippen LogP contribution in [0.4, 0.5) is 0 Å². The fraction of sp³-hybridized carbons (Fsp3) is 0.727. The Morgan fingerprint density at radius 2 is 2.14 bits per heavy atom. The predicted molar refractivity (Wildman–Crippen MR) is 53.8 cm³/mol. The standard InChI is InChI=1S/C11H17N2O/c1-2-13-10-6-4-3-5-9(10)12-11(13)7-8-14/h2-8H2,1H3. The lowest BCUT2D eigenvalue weighted by Gasteiger charge is -2.13. The lowest BCUT2D eigenvalue weighted by atomic mass is 10.0. The highest BCUT2D eigenvalue weighted by atomic mass is 16.3. The van der Waals surface area contributed by atoms with E-state index in [0.717, 1.165) is 25.2 Å². The van der Waals surface area contributed by atoms with Crippen molar-refractivity contribution in [2.45, 2.75) is 45.6 Å². The summed E-state index contributed by atoms with van der Waals surface area (Å²) in [6, 6.07) is 0. The molecule has 1 aliphatic carbocycles. The van der Waals surface area contributed by atoms with Gasteiger partial charge in [0.25, 0.3) is 0 Å². The summed E-state index contributed by atoms with van der Waals surface area (Å²) in [5.74, 6) is 1.01. The molecule has 0 unspecified atom stereocenters. The first-order chi connectivity index (χ1) is 6.86. The van der Waals surface area contributed by atoms with E-state index in [0.29, 0.717) is 6.42 Å². The summed E-state index contributed by atoms with van der Waals surface area (Å²) < 4.78 is 2.24. The average molecular weight is 193 g/mol. The number of hydrogen-bond acceptors (Lipinski definition) is 1. The maximum atomic E-state index is 10.6. The van der Waals surface area contributed by atoms with E-state index in [1.165, 1.54) is 24.2 Å². The molecule has 0 saturated carbocycles. The molecule has 0 saturated heterocycles. The SMILES string of the molecule is CCn1c(CC[O])nc2c1CCCC2. The van der Waals surface area contributed by atoms with Crippen molar-refractivity contribution in [2.24, 2.45) is 0 Å². The van der Waals surface area contributed by atoms with Gasteiger partial charge in [0.1, 0.15) is 5.82 Å². The average Bonchev–Trinajstić information content (AvgIpc) is 2.55. The summed E-state index contributed by atoms with van der Waals surface area (Å²) in [6.45, 7) is 3.04. The molecule has 0 spiro atoms. The highest BCUT2D eigenvalue weighted by molar-refractivity contribution is 5.20. The summed E-state index contributed by atoms with van der Waals surface area (Å²) in [5, 5.41) is 10.6. The Morgan fingerprint density at radius 1 is 1.36 bits per heavy atom. The zero-order chi connectivity index (χ0) is 9.97. The topological polar surface area (TPSA) is 37.7 Å². The normalized spacial score (nSPS) is 15.6. The molecule has 14 heavy (non-hydrogen) atoms. The van der Waals surface area contributed by atoms with E-state index in [4.69, 9.17) is 0 Å². The molecule has 0 atom stereocenters. The first-order valence-corrected chi connectivity index (χ1v) is 5.52. The summed E-state index contributed by atoms with van der Waals surface area (Å²) in [5.41, 5.74) is 2.64. The number of fused-ring (bicyclic) bond motifs is 1. The van der Waals surface area contributed by atoms with Crippen molar-refractivity contribution in [1.29, 1.82) is 0 Å². The van der Waals surface area contributed by atoms with E-state index in [9.17, 15) is 5.11 Å². The summed E-state index contributed by atoms with van der Waals surface area (Å²) in [4.78, 5) is 4.57. The van der Waals surface area contributed by atoms with Gasteiger partial charge in [0.15, 0.2) is 0 Å². The maximum Gasteiger partial charge on any atom is 0.111 e. The van der Waals surface area contributed by atoms with Crippen LogP contribution in [0.2, 0.25) is 0 Å². The number of nitrogens with zero attached hydrogens (tertiary/aromatic N) is 2. The van der Waals surface area contributed by atoms with Crippen molar-refractivity contribution >= 4 is 0 Å². The zero-order valence-corrected chi connectivity index (χ0v) is 8.75. The van der Waals surface area contributed by atoms with Gasteiger partial charge in [0.2, 0.25) is 0 Å². The zero-order valence-electron chi connectivity index (χ0n) is 8.75. The second-order valence-electron chi connectivity index (χ2n) is 3.83. The Bertz CT molecular complexity index is 317. The lowest BCUT2D eigenvalue weighted by molar-refractivity contribution is 0.194. The minimum Gasteiger partial charge on any atom is -0.332 e. The third-order valence-electron chi connectivity index (χ3n) is 2.95. The molecule has 1 heterocycles. The van der Waals surface area contributed by atoms with E-state index >= 15 is 0 Å². The molecule has 0 aliphatic heterocycles. The Morgan fingerprint density at radius 3 is 2.86 bits per heavy atom. The molecule has 0 aromatic carbocycles. The summed E-state index contributed by atoms with van der Waals surface area (Å²) in [6.07, 6.45) is 5.37. The maximum absolute atomic E-state index is 10.6. The van der Waals surface area contributed by atoms with Crippen LogP contribution in [0.5, 0.6) is 0 Å². The van der Waals surface area contributed by atoms with Crippen LogP contribution in [-0.4, -0.2) is 16.2 Å². The number of rotatable bonds is 3. The highest BCUT2D eigenvalue weighted by Gasteiger charge is 2.18. The Labute approximate surface area is 84.8 Å². The van der Waals surface area contributed by atoms with E-state index < -0.39 is 0 Å². The molecule has 77 valence electrons. The largest absolute Gasteiger partial charge is 0.332 e. The van der Waals surface area contributed by atoms with E-state index in [1.54, 1.807) is 0 Å². The van der Waals surface area contributed by atoms with Crippen molar-refractivity contribution in [3.63, 3.8) is 0 Å². The predicted octanol–water partition coefficient (Wildman–Crippen LogP) is 1.75. The van der Waals surface area contributed by atoms with Gasteiger partial charge in [-0.3, -0.25) is 0 Å². The van der Waals surface area contributed by atoms with Crippen molar-refractivity contribution in [3.05, 3.63) is 17.2 Å². The molecular formula is C11H17N2O. The van der Waals surface area contributed by atoms with Crippen molar-refractivity contribution < 1.29 is 5.11 Å². The highest BCUT2D eigenvalue weighted by Crippen LogP contribution is 2.22. The number of imidazole rings is 1. The van der Waals surface area contributed by atoms with Crippen LogP contribution in [-0.2, 0) is 30.9 Å². The number of hydrogen-bond donors (Lipinski definition) is 0. The van der Waals surface area contributed by atoms with Gasteiger partial charge in [-0.25, -0.2) is 10.1 Å².